The Morgan fingerprint density at radius 2 is 1.48 bits per heavy atom. The Bertz CT molecular complexity index is 1470. The van der Waals surface area contributed by atoms with Gasteiger partial charge in [-0.2, -0.15) is 13.2 Å². The smallest absolute Gasteiger partial charge is 0.293 e. The second-order valence-corrected chi connectivity index (χ2v) is 7.38. The molecule has 170 valence electrons. The molecule has 0 bridgehead atoms. The van der Waals surface area contributed by atoms with Crippen LogP contribution in [0.5, 0.6) is 0 Å². The lowest BCUT2D eigenvalue weighted by Gasteiger charge is -2.08. The van der Waals surface area contributed by atoms with E-state index in [1.165, 1.54) is 16.8 Å². The van der Waals surface area contributed by atoms with Crippen LogP contribution < -0.4 is 11.1 Å². The molecule has 33 heavy (non-hydrogen) atoms. The third-order valence-electron chi connectivity index (χ3n) is 5.25. The third-order valence-corrected chi connectivity index (χ3v) is 5.25. The zero-order valence-electron chi connectivity index (χ0n) is 17.9. The number of para-hydroxylation sites is 1. The van der Waals surface area contributed by atoms with E-state index >= 15 is 0 Å². The van der Waals surface area contributed by atoms with Crippen LogP contribution in [0.25, 0.3) is 11.4 Å². The van der Waals surface area contributed by atoms with Gasteiger partial charge in [0.15, 0.2) is 11.4 Å². The van der Waals surface area contributed by atoms with E-state index in [0.29, 0.717) is 11.4 Å². The predicted molar refractivity (Wildman–Crippen MR) is 116 cm³/mol. The van der Waals surface area contributed by atoms with Gasteiger partial charge in [-0.1, -0.05) is 24.3 Å². The summed E-state index contributed by atoms with van der Waals surface area (Å²) < 4.78 is 43.1. The fourth-order valence-corrected chi connectivity index (χ4v) is 3.43. The minimum Gasteiger partial charge on any atom is -0.293 e. The topological polar surface area (TPSA) is 89.4 Å². The Morgan fingerprint density at radius 3 is 2.15 bits per heavy atom. The Labute approximate surface area is 185 Å². The number of nitrogens with zero attached hydrogens (tertiary/aromatic N) is 5. The second kappa shape index (κ2) is 8.08. The molecule has 2 aromatic carbocycles. The molecule has 0 fully saturated rings. The van der Waals surface area contributed by atoms with Gasteiger partial charge in [-0.25, -0.2) is 9.36 Å². The molecule has 2 aromatic heterocycles. The SMILES string of the molecule is Cc1[nH]n(-c2cccc(C(F)(F)F)c2)c(=O)c1N=Nc1c(C)n(C)n(-c2ccccc2)c1=O. The van der Waals surface area contributed by atoms with Gasteiger partial charge in [0, 0.05) is 7.05 Å². The third kappa shape index (κ3) is 3.93. The van der Waals surface area contributed by atoms with Gasteiger partial charge < -0.3 is 0 Å². The Balaban J connectivity index is 1.76. The lowest BCUT2D eigenvalue weighted by Crippen LogP contribution is -2.19. The maximum Gasteiger partial charge on any atom is 0.416 e. The van der Waals surface area contributed by atoms with Crippen molar-refractivity contribution < 1.29 is 13.2 Å². The van der Waals surface area contributed by atoms with Gasteiger partial charge in [-0.15, -0.1) is 10.2 Å². The number of benzene rings is 2. The van der Waals surface area contributed by atoms with Crippen molar-refractivity contribution >= 4 is 11.4 Å². The Hall–Kier alpha value is -4.15. The van der Waals surface area contributed by atoms with E-state index < -0.39 is 22.9 Å². The zero-order chi connectivity index (χ0) is 23.9. The number of nitrogens with one attached hydrogen (secondary N) is 1. The monoisotopic (exact) mass is 456 g/mol. The standard InChI is InChI=1S/C22H19F3N6O2/c1-13-18(20(32)30(28-13)17-11-7-8-15(12-17)22(23,24)25)26-27-19-14(2)29(3)31(21(19)33)16-9-5-4-6-10-16/h4-12,28H,1-3H3. The number of halogens is 3. The van der Waals surface area contributed by atoms with Crippen LogP contribution in [0.1, 0.15) is 17.0 Å². The van der Waals surface area contributed by atoms with E-state index in [-0.39, 0.29) is 22.8 Å². The largest absolute Gasteiger partial charge is 0.416 e. The van der Waals surface area contributed by atoms with E-state index in [2.05, 4.69) is 15.3 Å². The van der Waals surface area contributed by atoms with Crippen molar-refractivity contribution in [2.24, 2.45) is 17.3 Å². The first kappa shape index (κ1) is 22.1. The highest BCUT2D eigenvalue weighted by Gasteiger charge is 2.30. The van der Waals surface area contributed by atoms with E-state index in [1.54, 1.807) is 49.8 Å². The van der Waals surface area contributed by atoms with E-state index in [0.717, 1.165) is 16.8 Å². The number of hydrogen-bond acceptors (Lipinski definition) is 4. The molecule has 0 saturated carbocycles. The Kier molecular flexibility index (Phi) is 5.40. The van der Waals surface area contributed by atoms with E-state index in [4.69, 9.17) is 0 Å². The van der Waals surface area contributed by atoms with Gasteiger partial charge in [0.1, 0.15) is 0 Å². The average Bonchev–Trinajstić information content (AvgIpc) is 3.18. The van der Waals surface area contributed by atoms with Crippen molar-refractivity contribution in [3.05, 3.63) is 92.3 Å². The summed E-state index contributed by atoms with van der Waals surface area (Å²) in [7, 11) is 1.70. The highest BCUT2D eigenvalue weighted by atomic mass is 19.4. The minimum absolute atomic E-state index is 0.00157. The number of H-pyrrole nitrogens is 1. The average molecular weight is 456 g/mol. The summed E-state index contributed by atoms with van der Waals surface area (Å²) in [6.45, 7) is 3.24. The van der Waals surface area contributed by atoms with Crippen LogP contribution in [0.2, 0.25) is 0 Å². The molecule has 4 aromatic rings. The summed E-state index contributed by atoms with van der Waals surface area (Å²) in [5, 5.41) is 10.7. The van der Waals surface area contributed by atoms with Crippen LogP contribution in [0.3, 0.4) is 0 Å². The highest BCUT2D eigenvalue weighted by Crippen LogP contribution is 2.30. The highest BCUT2D eigenvalue weighted by molar-refractivity contribution is 5.47. The van der Waals surface area contributed by atoms with E-state index in [1.807, 2.05) is 6.07 Å². The fourth-order valence-electron chi connectivity index (χ4n) is 3.43. The summed E-state index contributed by atoms with van der Waals surface area (Å²) in [5.74, 6) is 0. The van der Waals surface area contributed by atoms with Crippen LogP contribution >= 0.6 is 0 Å². The summed E-state index contributed by atoms with van der Waals surface area (Å²) in [4.78, 5) is 25.8. The first-order valence-electron chi connectivity index (χ1n) is 9.84. The maximum absolute atomic E-state index is 13.0. The summed E-state index contributed by atoms with van der Waals surface area (Å²) in [6.07, 6.45) is -4.55. The van der Waals surface area contributed by atoms with Crippen molar-refractivity contribution in [1.29, 1.82) is 0 Å². The molecule has 0 spiro atoms. The van der Waals surface area contributed by atoms with E-state index in [9.17, 15) is 22.8 Å². The minimum atomic E-state index is -4.55. The molecule has 1 N–H and O–H groups in total. The first-order chi connectivity index (χ1) is 15.6. The number of azo groups is 1. The van der Waals surface area contributed by atoms with Gasteiger partial charge in [0.05, 0.1) is 28.3 Å². The molecular weight excluding hydrogens is 437 g/mol. The number of aryl methyl sites for hydroxylation is 1. The lowest BCUT2D eigenvalue weighted by atomic mass is 10.2. The molecule has 11 heteroatoms. The number of aromatic amines is 1. The molecule has 0 radical (unpaired) electrons. The number of alkyl halides is 3. The normalized spacial score (nSPS) is 12.1. The van der Waals surface area contributed by atoms with Gasteiger partial charge in [-0.05, 0) is 44.2 Å². The van der Waals surface area contributed by atoms with Crippen LogP contribution in [0, 0.1) is 13.8 Å². The van der Waals surface area contributed by atoms with Crippen molar-refractivity contribution in [2.45, 2.75) is 20.0 Å². The Morgan fingerprint density at radius 1 is 0.848 bits per heavy atom. The van der Waals surface area contributed by atoms with Crippen LogP contribution in [0.15, 0.2) is 74.4 Å². The summed E-state index contributed by atoms with van der Waals surface area (Å²) in [6, 6.07) is 13.3. The summed E-state index contributed by atoms with van der Waals surface area (Å²) in [5.41, 5.74) is -0.598. The molecule has 0 unspecified atom stereocenters. The van der Waals surface area contributed by atoms with Gasteiger partial charge >= 0.3 is 6.18 Å². The van der Waals surface area contributed by atoms with Crippen LogP contribution in [0.4, 0.5) is 24.5 Å². The fraction of sp³-hybridized carbons (Fsp3) is 0.182. The molecule has 0 aliphatic rings. The first-order valence-corrected chi connectivity index (χ1v) is 9.84. The maximum atomic E-state index is 13.0. The quantitative estimate of drug-likeness (QED) is 0.451. The second-order valence-electron chi connectivity index (χ2n) is 7.38. The van der Waals surface area contributed by atoms with Crippen molar-refractivity contribution in [2.75, 3.05) is 0 Å². The van der Waals surface area contributed by atoms with Crippen molar-refractivity contribution in [3.63, 3.8) is 0 Å². The molecule has 4 rings (SSSR count). The molecule has 8 nitrogen and oxygen atoms in total. The van der Waals surface area contributed by atoms with Gasteiger partial charge in [-0.3, -0.25) is 19.4 Å². The molecule has 0 aliphatic heterocycles. The van der Waals surface area contributed by atoms with Crippen molar-refractivity contribution in [1.82, 2.24) is 19.1 Å². The zero-order valence-corrected chi connectivity index (χ0v) is 17.9. The number of aromatic nitrogens is 4. The predicted octanol–water partition coefficient (Wildman–Crippen LogP) is 4.71. The van der Waals surface area contributed by atoms with Crippen molar-refractivity contribution in [3.8, 4) is 11.4 Å². The number of rotatable bonds is 4. The molecule has 0 atom stereocenters. The van der Waals surface area contributed by atoms with Crippen LogP contribution in [-0.2, 0) is 13.2 Å². The number of hydrogen-bond donors (Lipinski definition) is 1. The van der Waals surface area contributed by atoms with Gasteiger partial charge in [0.2, 0.25) is 0 Å². The molecule has 0 aliphatic carbocycles. The lowest BCUT2D eigenvalue weighted by molar-refractivity contribution is -0.137. The molecule has 2 heterocycles. The molecule has 0 amide bonds. The summed E-state index contributed by atoms with van der Waals surface area (Å²) >= 11 is 0. The molecular formula is C22H19F3N6O2. The molecule has 0 saturated heterocycles. The van der Waals surface area contributed by atoms with Gasteiger partial charge in [0.25, 0.3) is 11.1 Å². The van der Waals surface area contributed by atoms with Crippen LogP contribution in [-0.4, -0.2) is 19.1 Å².